The van der Waals surface area contributed by atoms with Gasteiger partial charge in [0.25, 0.3) is 5.56 Å². The number of halogens is 1. The fraction of sp³-hybridized carbons (Fsp3) is 0.286. The van der Waals surface area contributed by atoms with Crippen molar-refractivity contribution in [2.45, 2.75) is 20.0 Å². The lowest BCUT2D eigenvalue weighted by molar-refractivity contribution is 0.373. The smallest absolute Gasteiger partial charge is 0.287 e. The van der Waals surface area contributed by atoms with E-state index < -0.39 is 0 Å². The van der Waals surface area contributed by atoms with Crippen molar-refractivity contribution in [1.82, 2.24) is 9.78 Å². The van der Waals surface area contributed by atoms with E-state index in [1.54, 1.807) is 18.2 Å². The van der Waals surface area contributed by atoms with Crippen LogP contribution >= 0.6 is 11.6 Å². The van der Waals surface area contributed by atoms with Crippen LogP contribution in [0.3, 0.4) is 0 Å². The number of phenolic OH excluding ortho intramolecular Hbond substituents is 1. The summed E-state index contributed by atoms with van der Waals surface area (Å²) in [5.41, 5.74) is 1.02. The third kappa shape index (κ3) is 3.28. The minimum atomic E-state index is -0.326. The first-order chi connectivity index (χ1) is 10.1. The van der Waals surface area contributed by atoms with Crippen LogP contribution < -0.4 is 15.6 Å². The Balaban J connectivity index is 2.17. The summed E-state index contributed by atoms with van der Waals surface area (Å²) in [6, 6.07) is 5.00. The van der Waals surface area contributed by atoms with E-state index in [2.05, 4.69) is 10.4 Å². The van der Waals surface area contributed by atoms with Crippen LogP contribution in [0.2, 0.25) is 5.02 Å². The summed E-state index contributed by atoms with van der Waals surface area (Å²) < 4.78 is 6.33. The molecule has 2 rings (SSSR count). The molecule has 7 heteroatoms. The van der Waals surface area contributed by atoms with Gasteiger partial charge in [-0.05, 0) is 24.6 Å². The van der Waals surface area contributed by atoms with Gasteiger partial charge < -0.3 is 15.2 Å². The third-order valence-corrected chi connectivity index (χ3v) is 3.38. The molecule has 1 aromatic carbocycles. The van der Waals surface area contributed by atoms with Gasteiger partial charge in [-0.15, -0.1) is 0 Å². The number of benzene rings is 1. The van der Waals surface area contributed by atoms with Crippen LogP contribution in [-0.4, -0.2) is 22.0 Å². The molecule has 112 valence electrons. The van der Waals surface area contributed by atoms with Crippen molar-refractivity contribution in [2.24, 2.45) is 0 Å². The SMILES string of the molecule is CCn1ncc(NCc2ccc(O)c(OC)c2)c(Cl)c1=O. The number of anilines is 1. The number of aromatic nitrogens is 2. The molecule has 0 spiro atoms. The molecule has 6 nitrogen and oxygen atoms in total. The van der Waals surface area contributed by atoms with Gasteiger partial charge in [-0.3, -0.25) is 4.79 Å². The maximum absolute atomic E-state index is 11.9. The molecule has 21 heavy (non-hydrogen) atoms. The molecule has 0 aliphatic carbocycles. The second-order valence-electron chi connectivity index (χ2n) is 4.35. The summed E-state index contributed by atoms with van der Waals surface area (Å²) in [5, 5.41) is 16.7. The number of ether oxygens (including phenoxy) is 1. The largest absolute Gasteiger partial charge is 0.504 e. The number of hydrogen-bond acceptors (Lipinski definition) is 5. The van der Waals surface area contributed by atoms with Crippen LogP contribution in [-0.2, 0) is 13.1 Å². The number of aryl methyl sites for hydroxylation is 1. The fourth-order valence-electron chi connectivity index (χ4n) is 1.84. The molecule has 0 aliphatic rings. The molecule has 0 aliphatic heterocycles. The summed E-state index contributed by atoms with van der Waals surface area (Å²) in [6.07, 6.45) is 1.52. The van der Waals surface area contributed by atoms with Gasteiger partial charge in [-0.2, -0.15) is 5.10 Å². The molecule has 0 saturated carbocycles. The lowest BCUT2D eigenvalue weighted by atomic mass is 10.2. The van der Waals surface area contributed by atoms with Crippen molar-refractivity contribution in [3.8, 4) is 11.5 Å². The van der Waals surface area contributed by atoms with Crippen molar-refractivity contribution in [3.05, 3.63) is 45.3 Å². The molecular formula is C14H16ClN3O3. The zero-order chi connectivity index (χ0) is 15.4. The van der Waals surface area contributed by atoms with E-state index in [1.807, 2.05) is 6.92 Å². The number of hydrogen-bond donors (Lipinski definition) is 2. The van der Waals surface area contributed by atoms with Gasteiger partial charge in [0, 0.05) is 13.1 Å². The lowest BCUT2D eigenvalue weighted by Gasteiger charge is -2.10. The van der Waals surface area contributed by atoms with E-state index in [9.17, 15) is 9.90 Å². The number of phenols is 1. The normalized spacial score (nSPS) is 10.4. The Hall–Kier alpha value is -2.21. The molecule has 0 fully saturated rings. The van der Waals surface area contributed by atoms with Crippen molar-refractivity contribution >= 4 is 17.3 Å². The molecule has 0 radical (unpaired) electrons. The average molecular weight is 310 g/mol. The average Bonchev–Trinajstić information content (AvgIpc) is 2.50. The molecule has 2 N–H and O–H groups in total. The summed E-state index contributed by atoms with van der Waals surface area (Å²) in [4.78, 5) is 11.9. The van der Waals surface area contributed by atoms with Gasteiger partial charge in [0.15, 0.2) is 11.5 Å². The minimum absolute atomic E-state index is 0.0755. The van der Waals surface area contributed by atoms with Crippen molar-refractivity contribution in [2.75, 3.05) is 12.4 Å². The van der Waals surface area contributed by atoms with Crippen LogP contribution in [0.25, 0.3) is 0 Å². The van der Waals surface area contributed by atoms with Crippen LogP contribution in [0, 0.1) is 0 Å². The van der Waals surface area contributed by atoms with E-state index >= 15 is 0 Å². The van der Waals surface area contributed by atoms with Gasteiger partial charge in [0.1, 0.15) is 5.02 Å². The summed E-state index contributed by atoms with van der Waals surface area (Å²) in [7, 11) is 1.48. The van der Waals surface area contributed by atoms with Gasteiger partial charge in [0.2, 0.25) is 0 Å². The highest BCUT2D eigenvalue weighted by Crippen LogP contribution is 2.26. The van der Waals surface area contributed by atoms with Crippen LogP contribution in [0.5, 0.6) is 11.5 Å². The predicted octanol–water partition coefficient (Wildman–Crippen LogP) is 2.24. The zero-order valence-corrected chi connectivity index (χ0v) is 12.5. The van der Waals surface area contributed by atoms with E-state index in [4.69, 9.17) is 16.3 Å². The van der Waals surface area contributed by atoms with Gasteiger partial charge in [0.05, 0.1) is 19.0 Å². The quantitative estimate of drug-likeness (QED) is 0.886. The summed E-state index contributed by atoms with van der Waals surface area (Å²) in [6.45, 7) is 2.71. The number of nitrogens with zero attached hydrogens (tertiary/aromatic N) is 2. The van der Waals surface area contributed by atoms with E-state index in [0.29, 0.717) is 24.5 Å². The molecule has 0 amide bonds. The Labute approximate surface area is 126 Å². The molecule has 1 heterocycles. The van der Waals surface area contributed by atoms with Crippen LogP contribution in [0.4, 0.5) is 5.69 Å². The predicted molar refractivity (Wildman–Crippen MR) is 81.2 cm³/mol. The Morgan fingerprint density at radius 2 is 2.24 bits per heavy atom. The monoisotopic (exact) mass is 309 g/mol. The minimum Gasteiger partial charge on any atom is -0.504 e. The number of aromatic hydroxyl groups is 1. The molecule has 0 unspecified atom stereocenters. The Kier molecular flexibility index (Phi) is 4.70. The Morgan fingerprint density at radius 3 is 2.90 bits per heavy atom. The molecule has 0 atom stereocenters. The van der Waals surface area contributed by atoms with Gasteiger partial charge >= 0.3 is 0 Å². The first kappa shape index (κ1) is 15.2. The van der Waals surface area contributed by atoms with E-state index in [1.165, 1.54) is 18.0 Å². The van der Waals surface area contributed by atoms with Crippen LogP contribution in [0.1, 0.15) is 12.5 Å². The highest BCUT2D eigenvalue weighted by molar-refractivity contribution is 6.32. The highest BCUT2D eigenvalue weighted by Gasteiger charge is 2.09. The van der Waals surface area contributed by atoms with Crippen molar-refractivity contribution in [1.29, 1.82) is 0 Å². The highest BCUT2D eigenvalue weighted by atomic mass is 35.5. The second kappa shape index (κ2) is 6.49. The van der Waals surface area contributed by atoms with Crippen LogP contribution in [0.15, 0.2) is 29.2 Å². The Morgan fingerprint density at radius 1 is 1.48 bits per heavy atom. The summed E-state index contributed by atoms with van der Waals surface area (Å²) in [5.74, 6) is 0.464. The van der Waals surface area contributed by atoms with E-state index in [0.717, 1.165) is 5.56 Å². The number of methoxy groups -OCH3 is 1. The molecule has 2 aromatic rings. The molecular weight excluding hydrogens is 294 g/mol. The maximum atomic E-state index is 11.9. The van der Waals surface area contributed by atoms with Crippen molar-refractivity contribution in [3.63, 3.8) is 0 Å². The number of nitrogens with one attached hydrogen (secondary N) is 1. The Bertz CT molecular complexity index is 700. The van der Waals surface area contributed by atoms with Crippen molar-refractivity contribution < 1.29 is 9.84 Å². The number of rotatable bonds is 5. The summed E-state index contributed by atoms with van der Waals surface area (Å²) >= 11 is 6.03. The van der Waals surface area contributed by atoms with Gasteiger partial charge in [-0.1, -0.05) is 17.7 Å². The standard InChI is InChI=1S/C14H16ClN3O3/c1-3-18-14(20)13(15)10(8-17-18)16-7-9-4-5-11(19)12(6-9)21-2/h4-6,8,16,19H,3,7H2,1-2H3. The fourth-order valence-corrected chi connectivity index (χ4v) is 2.06. The van der Waals surface area contributed by atoms with E-state index in [-0.39, 0.29) is 16.3 Å². The third-order valence-electron chi connectivity index (χ3n) is 3.01. The zero-order valence-electron chi connectivity index (χ0n) is 11.8. The molecule has 1 aromatic heterocycles. The first-order valence-corrected chi connectivity index (χ1v) is 6.80. The maximum Gasteiger partial charge on any atom is 0.287 e. The second-order valence-corrected chi connectivity index (χ2v) is 4.73. The first-order valence-electron chi connectivity index (χ1n) is 6.42. The van der Waals surface area contributed by atoms with Gasteiger partial charge in [-0.25, -0.2) is 4.68 Å². The lowest BCUT2D eigenvalue weighted by Crippen LogP contribution is -2.23. The molecule has 0 bridgehead atoms. The topological polar surface area (TPSA) is 76.4 Å². The molecule has 0 saturated heterocycles.